The average Bonchev–Trinajstić information content (AvgIpc) is 2.71. The van der Waals surface area contributed by atoms with E-state index >= 15 is 0 Å². The van der Waals surface area contributed by atoms with Gasteiger partial charge in [-0.3, -0.25) is 18.6 Å². The fourth-order valence-electron chi connectivity index (χ4n) is 3.56. The summed E-state index contributed by atoms with van der Waals surface area (Å²) in [5.41, 5.74) is -2.25. The van der Waals surface area contributed by atoms with Gasteiger partial charge in [-0.05, 0) is 12.8 Å². The number of rotatable bonds is 12. The summed E-state index contributed by atoms with van der Waals surface area (Å²) in [5.74, 6) is -0.740. The van der Waals surface area contributed by atoms with Crippen molar-refractivity contribution in [3.05, 3.63) is 5.92 Å². The second-order valence-corrected chi connectivity index (χ2v) is 10.5. The molecule has 0 aromatic heterocycles. The minimum Gasteiger partial charge on any atom is -0.469 e. The van der Waals surface area contributed by atoms with Gasteiger partial charge >= 0.3 is 22.1 Å². The molecule has 33 heavy (non-hydrogen) atoms. The first-order valence-corrected chi connectivity index (χ1v) is 11.9. The molecule has 1 radical (unpaired) electrons. The first kappa shape index (κ1) is 37.1. The maximum Gasteiger partial charge on any atom is 0.331 e. The van der Waals surface area contributed by atoms with Crippen LogP contribution in [0.2, 0.25) is 0 Å². The molecule has 193 valence electrons. The van der Waals surface area contributed by atoms with Gasteiger partial charge < -0.3 is 20.5 Å². The fourth-order valence-corrected chi connectivity index (χ4v) is 4.46. The molecule has 0 spiro atoms. The monoisotopic (exact) mass is 570 g/mol. The van der Waals surface area contributed by atoms with Crippen LogP contribution in [0, 0.1) is 22.7 Å². The zero-order chi connectivity index (χ0) is 25.8. The molecule has 0 rings (SSSR count). The van der Waals surface area contributed by atoms with E-state index in [4.69, 9.17) is 14.6 Å². The standard InChI is InChI=1S/C18H31O8S.C4H10O.Y/c1-12(9-17(3,4)16(21)27(22,23)26-8)10-18(5,15(20)25-7)11-13(2)14(19)24-6;1-2-3-4-5;/h13H,9-11H2,1-8H3;5H,2-4H2,1H3;/q-1;;. The second kappa shape index (κ2) is 17.1. The number of unbranched alkanes of at least 4 members (excludes halogenated alkanes) is 1. The average molecular weight is 571 g/mol. The number of carbonyl (C=O) groups is 3. The quantitative estimate of drug-likeness (QED) is 0.214. The van der Waals surface area contributed by atoms with Crippen molar-refractivity contribution in [3.8, 4) is 0 Å². The minimum atomic E-state index is -4.30. The molecule has 0 aromatic carbocycles. The van der Waals surface area contributed by atoms with Crippen LogP contribution in [0.4, 0.5) is 0 Å². The first-order valence-electron chi connectivity index (χ1n) is 10.5. The van der Waals surface area contributed by atoms with Gasteiger partial charge in [0.05, 0.1) is 27.2 Å². The minimum absolute atomic E-state index is 0. The molecule has 0 aromatic rings. The van der Waals surface area contributed by atoms with Crippen molar-refractivity contribution in [1.29, 1.82) is 0 Å². The summed E-state index contributed by atoms with van der Waals surface area (Å²) in [6, 6.07) is 0. The van der Waals surface area contributed by atoms with Gasteiger partial charge in [0, 0.05) is 50.1 Å². The van der Waals surface area contributed by atoms with Crippen LogP contribution in [0.1, 0.15) is 73.6 Å². The number of esters is 2. The van der Waals surface area contributed by atoms with E-state index < -0.39 is 43.9 Å². The van der Waals surface area contributed by atoms with Gasteiger partial charge in [-0.15, -0.1) is 0 Å². The molecule has 0 aliphatic carbocycles. The Bertz CT molecular complexity index is 705. The van der Waals surface area contributed by atoms with Gasteiger partial charge in [0.1, 0.15) is 0 Å². The Hall–Kier alpha value is -0.416. The van der Waals surface area contributed by atoms with E-state index in [1.807, 2.05) is 0 Å². The number of aliphatic hydroxyl groups is 1. The number of hydrogen-bond acceptors (Lipinski definition) is 9. The molecular weight excluding hydrogens is 529 g/mol. The maximum absolute atomic E-state index is 12.4. The van der Waals surface area contributed by atoms with Gasteiger partial charge in [0.15, 0.2) is 0 Å². The van der Waals surface area contributed by atoms with Crippen LogP contribution in [-0.2, 0) is 70.9 Å². The zero-order valence-electron chi connectivity index (χ0n) is 21.5. The van der Waals surface area contributed by atoms with Crippen molar-refractivity contribution in [2.24, 2.45) is 16.7 Å². The molecule has 0 saturated heterocycles. The van der Waals surface area contributed by atoms with Crippen LogP contribution in [-0.4, -0.2) is 58.5 Å². The topological polar surface area (TPSA) is 133 Å². The molecular formula is C22H41O9SY-. The molecule has 1 N–H and O–H groups in total. The van der Waals surface area contributed by atoms with Gasteiger partial charge in [-0.25, -0.2) is 0 Å². The van der Waals surface area contributed by atoms with Crippen molar-refractivity contribution >= 4 is 27.2 Å². The third-order valence-corrected chi connectivity index (χ3v) is 6.43. The van der Waals surface area contributed by atoms with Crippen LogP contribution in [0.25, 0.3) is 0 Å². The molecule has 0 amide bonds. The van der Waals surface area contributed by atoms with E-state index in [0.29, 0.717) is 6.61 Å². The number of methoxy groups -OCH3 is 2. The number of ether oxygens (including phenoxy) is 2. The Balaban J connectivity index is -0.00000134. The summed E-state index contributed by atoms with van der Waals surface area (Å²) in [5, 5.41) is 7.04. The summed E-state index contributed by atoms with van der Waals surface area (Å²) < 4.78 is 37.3. The van der Waals surface area contributed by atoms with Crippen LogP contribution in [0.3, 0.4) is 0 Å². The summed E-state index contributed by atoms with van der Waals surface area (Å²) in [7, 11) is -0.837. The molecule has 9 nitrogen and oxygen atoms in total. The van der Waals surface area contributed by atoms with E-state index in [2.05, 4.69) is 11.1 Å². The van der Waals surface area contributed by atoms with Crippen LogP contribution >= 0.6 is 0 Å². The molecule has 0 aliphatic heterocycles. The van der Waals surface area contributed by atoms with Gasteiger partial charge in [-0.2, -0.15) is 28.2 Å². The third kappa shape index (κ3) is 13.3. The Morgan fingerprint density at radius 1 is 1.03 bits per heavy atom. The fraction of sp³-hybridized carbons (Fsp3) is 0.818. The zero-order valence-corrected chi connectivity index (χ0v) is 25.2. The third-order valence-electron chi connectivity index (χ3n) is 4.98. The summed E-state index contributed by atoms with van der Waals surface area (Å²) in [6.07, 6.45) is 2.59. The van der Waals surface area contributed by atoms with Gasteiger partial charge in [0.2, 0.25) is 0 Å². The summed E-state index contributed by atoms with van der Waals surface area (Å²) in [4.78, 5) is 36.3. The normalized spacial score (nSPS) is 14.2. The molecule has 0 saturated carbocycles. The molecule has 0 heterocycles. The number of carbonyl (C=O) groups excluding carboxylic acids is 3. The predicted octanol–water partition coefficient (Wildman–Crippen LogP) is 3.04. The van der Waals surface area contributed by atoms with E-state index in [-0.39, 0.29) is 52.0 Å². The molecule has 2 atom stereocenters. The van der Waals surface area contributed by atoms with E-state index in [9.17, 15) is 22.8 Å². The van der Waals surface area contributed by atoms with Gasteiger partial charge in [-0.1, -0.05) is 41.0 Å². The van der Waals surface area contributed by atoms with Crippen molar-refractivity contribution < 1.29 is 74.3 Å². The van der Waals surface area contributed by atoms with Crippen molar-refractivity contribution in [1.82, 2.24) is 0 Å². The summed E-state index contributed by atoms with van der Waals surface area (Å²) in [6.45, 7) is 10.5. The molecule has 11 heteroatoms. The molecule has 2 unspecified atom stereocenters. The van der Waals surface area contributed by atoms with Crippen molar-refractivity contribution in [2.45, 2.75) is 73.6 Å². The Labute approximate surface area is 224 Å². The number of aliphatic hydroxyl groups excluding tert-OH is 1. The molecule has 0 aliphatic rings. The van der Waals surface area contributed by atoms with Crippen LogP contribution < -0.4 is 0 Å². The van der Waals surface area contributed by atoms with Crippen LogP contribution in [0.15, 0.2) is 0 Å². The smallest absolute Gasteiger partial charge is 0.331 e. The summed E-state index contributed by atoms with van der Waals surface area (Å²) >= 11 is 0. The number of hydrogen-bond donors (Lipinski definition) is 1. The maximum atomic E-state index is 12.4. The first-order chi connectivity index (χ1) is 14.6. The van der Waals surface area contributed by atoms with E-state index in [1.54, 1.807) is 20.8 Å². The SMILES string of the molecule is CCCCO.COC(=O)C(C)CC(C)(C[C-](C)CC(C)(C)C(=O)S(=O)(=O)OC)C(=O)OC.[Y]. The van der Waals surface area contributed by atoms with Gasteiger partial charge in [0.25, 0.3) is 5.12 Å². The van der Waals surface area contributed by atoms with E-state index in [1.165, 1.54) is 28.1 Å². The second-order valence-electron chi connectivity index (χ2n) is 8.86. The van der Waals surface area contributed by atoms with E-state index in [0.717, 1.165) is 25.9 Å². The molecule has 0 bridgehead atoms. The Morgan fingerprint density at radius 3 is 1.88 bits per heavy atom. The Morgan fingerprint density at radius 2 is 1.55 bits per heavy atom. The van der Waals surface area contributed by atoms with Crippen LogP contribution in [0.5, 0.6) is 0 Å². The predicted molar refractivity (Wildman–Crippen MR) is 121 cm³/mol. The van der Waals surface area contributed by atoms with Crippen molar-refractivity contribution in [2.75, 3.05) is 27.9 Å². The molecule has 0 fully saturated rings. The van der Waals surface area contributed by atoms with Crippen molar-refractivity contribution in [3.63, 3.8) is 0 Å². The Kier molecular flexibility index (Phi) is 19.2. The largest absolute Gasteiger partial charge is 0.469 e.